The van der Waals surface area contributed by atoms with Gasteiger partial charge in [0.15, 0.2) is 11.6 Å². The van der Waals surface area contributed by atoms with Crippen molar-refractivity contribution < 1.29 is 18.7 Å². The Balaban J connectivity index is 1.88. The summed E-state index contributed by atoms with van der Waals surface area (Å²) in [5.74, 6) is -2.20. The van der Waals surface area contributed by atoms with Gasteiger partial charge in [-0.15, -0.1) is 0 Å². The fourth-order valence-electron chi connectivity index (χ4n) is 2.45. The highest BCUT2D eigenvalue weighted by atomic mass is 19.2. The number of nitrogens with one attached hydrogen (secondary N) is 1. The van der Waals surface area contributed by atoms with Gasteiger partial charge in [0.25, 0.3) is 0 Å². The molecule has 1 amide bonds. The molecule has 0 aliphatic carbocycles. The van der Waals surface area contributed by atoms with Crippen LogP contribution in [0.3, 0.4) is 0 Å². The van der Waals surface area contributed by atoms with Crippen LogP contribution in [0.25, 0.3) is 0 Å². The first-order valence-corrected chi connectivity index (χ1v) is 7.05. The van der Waals surface area contributed by atoms with Gasteiger partial charge in [-0.25, -0.2) is 8.78 Å². The average Bonchev–Trinajstić information content (AvgIpc) is 2.55. The van der Waals surface area contributed by atoms with E-state index in [0.29, 0.717) is 19.4 Å². The van der Waals surface area contributed by atoms with Crippen molar-refractivity contribution in [2.45, 2.75) is 31.8 Å². The van der Waals surface area contributed by atoms with Crippen molar-refractivity contribution in [1.29, 1.82) is 0 Å². The molecule has 1 heterocycles. The molecule has 6 heteroatoms. The SMILES string of the molecule is CC1(O)CCCN(CC(=O)Nc2ccc(F)c(F)c2)CC1. The van der Waals surface area contributed by atoms with Gasteiger partial charge in [0, 0.05) is 18.3 Å². The minimum absolute atomic E-state index is 0.176. The normalized spacial score (nSPS) is 23.6. The first-order valence-electron chi connectivity index (χ1n) is 7.05. The van der Waals surface area contributed by atoms with Gasteiger partial charge in [0.05, 0.1) is 12.1 Å². The van der Waals surface area contributed by atoms with Crippen molar-refractivity contribution in [3.63, 3.8) is 0 Å². The highest BCUT2D eigenvalue weighted by Gasteiger charge is 2.25. The van der Waals surface area contributed by atoms with Crippen molar-refractivity contribution in [1.82, 2.24) is 4.90 Å². The predicted octanol–water partition coefficient (Wildman–Crippen LogP) is 2.14. The largest absolute Gasteiger partial charge is 0.390 e. The summed E-state index contributed by atoms with van der Waals surface area (Å²) in [6, 6.07) is 3.26. The predicted molar refractivity (Wildman–Crippen MR) is 75.9 cm³/mol. The molecular formula is C15H20F2N2O2. The zero-order valence-electron chi connectivity index (χ0n) is 12.0. The number of carbonyl (C=O) groups excluding carboxylic acids is 1. The quantitative estimate of drug-likeness (QED) is 0.899. The highest BCUT2D eigenvalue weighted by molar-refractivity contribution is 5.92. The number of amides is 1. The molecule has 21 heavy (non-hydrogen) atoms. The molecular weight excluding hydrogens is 278 g/mol. The molecule has 0 radical (unpaired) electrons. The number of benzene rings is 1. The maximum atomic E-state index is 13.1. The summed E-state index contributed by atoms with van der Waals surface area (Å²) in [5.41, 5.74) is -0.439. The third-order valence-electron chi connectivity index (χ3n) is 3.73. The van der Waals surface area contributed by atoms with Crippen molar-refractivity contribution in [3.05, 3.63) is 29.8 Å². The molecule has 1 atom stereocenters. The molecule has 1 aliphatic rings. The fourth-order valence-corrected chi connectivity index (χ4v) is 2.45. The molecule has 1 fully saturated rings. The van der Waals surface area contributed by atoms with Gasteiger partial charge in [-0.1, -0.05) is 0 Å². The number of aliphatic hydroxyl groups is 1. The lowest BCUT2D eigenvalue weighted by atomic mass is 9.98. The third kappa shape index (κ3) is 4.75. The lowest BCUT2D eigenvalue weighted by molar-refractivity contribution is -0.117. The molecule has 1 aliphatic heterocycles. The van der Waals surface area contributed by atoms with Crippen molar-refractivity contribution in [2.75, 3.05) is 25.0 Å². The van der Waals surface area contributed by atoms with Crippen molar-refractivity contribution in [3.8, 4) is 0 Å². The molecule has 1 aromatic rings. The van der Waals surface area contributed by atoms with Gasteiger partial charge < -0.3 is 10.4 Å². The van der Waals surface area contributed by atoms with Gasteiger partial charge >= 0.3 is 0 Å². The summed E-state index contributed by atoms with van der Waals surface area (Å²) < 4.78 is 25.9. The van der Waals surface area contributed by atoms with E-state index in [1.54, 1.807) is 6.92 Å². The zero-order valence-corrected chi connectivity index (χ0v) is 12.0. The number of rotatable bonds is 3. The van der Waals surface area contributed by atoms with Crippen LogP contribution in [-0.2, 0) is 4.79 Å². The molecule has 1 aromatic carbocycles. The smallest absolute Gasteiger partial charge is 0.238 e. The Labute approximate surface area is 122 Å². The Morgan fingerprint density at radius 1 is 1.33 bits per heavy atom. The fraction of sp³-hybridized carbons (Fsp3) is 0.533. The molecule has 2 rings (SSSR count). The molecule has 1 unspecified atom stereocenters. The van der Waals surface area contributed by atoms with Crippen molar-refractivity contribution in [2.24, 2.45) is 0 Å². The summed E-state index contributed by atoms with van der Waals surface area (Å²) in [5, 5.41) is 12.5. The topological polar surface area (TPSA) is 52.6 Å². The second kappa shape index (κ2) is 6.49. The lowest BCUT2D eigenvalue weighted by Crippen LogP contribution is -2.35. The number of nitrogens with zero attached hydrogens (tertiary/aromatic N) is 1. The maximum Gasteiger partial charge on any atom is 0.238 e. The summed E-state index contributed by atoms with van der Waals surface area (Å²) in [6.07, 6.45) is 2.16. The summed E-state index contributed by atoms with van der Waals surface area (Å²) in [7, 11) is 0. The Bertz CT molecular complexity index is 520. The number of halogens is 2. The number of likely N-dealkylation sites (tertiary alicyclic amines) is 1. The summed E-state index contributed by atoms with van der Waals surface area (Å²) in [6.45, 7) is 3.35. The van der Waals surface area contributed by atoms with Gasteiger partial charge in [-0.3, -0.25) is 9.69 Å². The molecule has 0 saturated carbocycles. The molecule has 0 aromatic heterocycles. The second-order valence-corrected chi connectivity index (χ2v) is 5.80. The second-order valence-electron chi connectivity index (χ2n) is 5.80. The van der Waals surface area contributed by atoms with Crippen LogP contribution >= 0.6 is 0 Å². The Morgan fingerprint density at radius 2 is 2.10 bits per heavy atom. The van der Waals surface area contributed by atoms with E-state index < -0.39 is 17.2 Å². The third-order valence-corrected chi connectivity index (χ3v) is 3.73. The van der Waals surface area contributed by atoms with Crippen LogP contribution in [-0.4, -0.2) is 41.1 Å². The summed E-state index contributed by atoms with van der Waals surface area (Å²) >= 11 is 0. The Hall–Kier alpha value is -1.53. The number of carbonyl (C=O) groups is 1. The van der Waals surface area contributed by atoms with Crippen molar-refractivity contribution >= 4 is 11.6 Å². The minimum atomic E-state index is -0.987. The lowest BCUT2D eigenvalue weighted by Gasteiger charge is -2.22. The molecule has 1 saturated heterocycles. The van der Waals surface area contributed by atoms with Gasteiger partial charge in [-0.2, -0.15) is 0 Å². The van der Waals surface area contributed by atoms with Crippen LogP contribution in [0.1, 0.15) is 26.2 Å². The number of hydrogen-bond donors (Lipinski definition) is 2. The van der Waals surface area contributed by atoms with Gasteiger partial charge in [0.1, 0.15) is 0 Å². The molecule has 0 bridgehead atoms. The zero-order chi connectivity index (χ0) is 15.5. The van der Waals surface area contributed by atoms with Crippen LogP contribution in [0.15, 0.2) is 18.2 Å². The van der Waals surface area contributed by atoms with Crippen LogP contribution in [0.5, 0.6) is 0 Å². The van der Waals surface area contributed by atoms with Crippen LogP contribution in [0.2, 0.25) is 0 Å². The van der Waals surface area contributed by atoms with E-state index in [2.05, 4.69) is 5.32 Å². The first kappa shape index (κ1) is 15.9. The van der Waals surface area contributed by atoms with E-state index in [9.17, 15) is 18.7 Å². The van der Waals surface area contributed by atoms with Crippen LogP contribution in [0, 0.1) is 11.6 Å². The molecule has 0 spiro atoms. The van der Waals surface area contributed by atoms with Gasteiger partial charge in [-0.05, 0) is 44.9 Å². The molecule has 4 nitrogen and oxygen atoms in total. The van der Waals surface area contributed by atoms with E-state index in [-0.39, 0.29) is 18.1 Å². The first-order chi connectivity index (χ1) is 9.85. The van der Waals surface area contributed by atoms with E-state index in [0.717, 1.165) is 25.1 Å². The number of hydrogen-bond acceptors (Lipinski definition) is 3. The monoisotopic (exact) mass is 298 g/mol. The van der Waals surface area contributed by atoms with Crippen LogP contribution in [0.4, 0.5) is 14.5 Å². The highest BCUT2D eigenvalue weighted by Crippen LogP contribution is 2.21. The Kier molecular flexibility index (Phi) is 4.90. The van der Waals surface area contributed by atoms with E-state index in [4.69, 9.17) is 0 Å². The standard InChI is InChI=1S/C15H20F2N2O2/c1-15(21)5-2-7-19(8-6-15)10-14(20)18-11-3-4-12(16)13(17)9-11/h3-4,9,21H,2,5-8,10H2,1H3,(H,18,20). The number of anilines is 1. The molecule has 2 N–H and O–H groups in total. The van der Waals surface area contributed by atoms with Gasteiger partial charge in [0.2, 0.25) is 5.91 Å². The van der Waals surface area contributed by atoms with E-state index in [1.165, 1.54) is 6.07 Å². The average molecular weight is 298 g/mol. The molecule has 116 valence electrons. The summed E-state index contributed by atoms with van der Waals surface area (Å²) in [4.78, 5) is 13.9. The van der Waals surface area contributed by atoms with E-state index in [1.807, 2.05) is 4.90 Å². The Morgan fingerprint density at radius 3 is 2.81 bits per heavy atom. The van der Waals surface area contributed by atoms with Crippen LogP contribution < -0.4 is 5.32 Å². The van der Waals surface area contributed by atoms with E-state index >= 15 is 0 Å². The minimum Gasteiger partial charge on any atom is -0.390 e. The maximum absolute atomic E-state index is 13.1.